The molecule has 1 amide bonds. The quantitative estimate of drug-likeness (QED) is 0.517. The van der Waals surface area contributed by atoms with E-state index >= 15 is 0 Å². The van der Waals surface area contributed by atoms with Crippen LogP contribution in [0.5, 0.6) is 5.75 Å². The first-order valence-electron chi connectivity index (χ1n) is 9.35. The molecule has 0 aromatic heterocycles. The Hall–Kier alpha value is -2.46. The molecule has 2 aromatic rings. The van der Waals surface area contributed by atoms with E-state index in [2.05, 4.69) is 15.4 Å². The van der Waals surface area contributed by atoms with E-state index in [4.69, 9.17) is 11.6 Å². The van der Waals surface area contributed by atoms with Gasteiger partial charge in [-0.2, -0.15) is 9.41 Å². The van der Waals surface area contributed by atoms with Gasteiger partial charge in [-0.3, -0.25) is 4.79 Å². The molecule has 0 aliphatic carbocycles. The number of benzene rings is 2. The predicted molar refractivity (Wildman–Crippen MR) is 115 cm³/mol. The summed E-state index contributed by atoms with van der Waals surface area (Å²) in [7, 11) is -1.72. The maximum absolute atomic E-state index is 12.9. The van der Waals surface area contributed by atoms with Gasteiger partial charge in [0.2, 0.25) is 10.0 Å². The Morgan fingerprint density at radius 1 is 1.20 bits per heavy atom. The highest BCUT2D eigenvalue weighted by Gasteiger charge is 2.27. The minimum atomic E-state index is -3.66. The van der Waals surface area contributed by atoms with Crippen LogP contribution in [0.15, 0.2) is 52.5 Å². The summed E-state index contributed by atoms with van der Waals surface area (Å²) in [4.78, 5) is 14.5. The zero-order valence-electron chi connectivity index (χ0n) is 16.5. The second-order valence-electron chi connectivity index (χ2n) is 6.96. The van der Waals surface area contributed by atoms with Crippen LogP contribution in [0, 0.1) is 0 Å². The monoisotopic (exact) mass is 450 g/mol. The van der Waals surface area contributed by atoms with Gasteiger partial charge in [-0.1, -0.05) is 17.7 Å². The summed E-state index contributed by atoms with van der Waals surface area (Å²) in [5.41, 5.74) is 3.13. The number of sulfonamides is 1. The van der Waals surface area contributed by atoms with Crippen molar-refractivity contribution in [2.24, 2.45) is 5.10 Å². The standard InChI is InChI=1S/C20H23ClN4O4S/c1-24-9-11-25(12-10-24)30(28,29)18-4-2-3-16(14-18)20(27)23-22-8-7-15-13-17(21)5-6-19(15)26/h2-6,8,13-14,26H,7,9-12H2,1H3,(H,23,27)/b22-8+. The number of phenols is 1. The summed E-state index contributed by atoms with van der Waals surface area (Å²) in [6.45, 7) is 2.15. The van der Waals surface area contributed by atoms with E-state index in [9.17, 15) is 18.3 Å². The topological polar surface area (TPSA) is 102 Å². The molecule has 1 saturated heterocycles. The van der Waals surface area contributed by atoms with E-state index in [-0.39, 0.29) is 22.6 Å². The lowest BCUT2D eigenvalue weighted by molar-refractivity contribution is 0.0955. The van der Waals surface area contributed by atoms with Crippen molar-refractivity contribution in [1.82, 2.24) is 14.6 Å². The molecule has 1 aliphatic heterocycles. The Balaban J connectivity index is 1.65. The average Bonchev–Trinajstić information content (AvgIpc) is 2.74. The van der Waals surface area contributed by atoms with Crippen molar-refractivity contribution in [3.05, 3.63) is 58.6 Å². The van der Waals surface area contributed by atoms with Crippen molar-refractivity contribution in [2.45, 2.75) is 11.3 Å². The number of nitrogens with one attached hydrogen (secondary N) is 1. The van der Waals surface area contributed by atoms with Gasteiger partial charge in [0.1, 0.15) is 5.75 Å². The Morgan fingerprint density at radius 2 is 1.93 bits per heavy atom. The minimum absolute atomic E-state index is 0.0764. The second-order valence-corrected chi connectivity index (χ2v) is 9.34. The van der Waals surface area contributed by atoms with Crippen molar-refractivity contribution in [3.8, 4) is 5.75 Å². The number of rotatable bonds is 6. The third-order valence-corrected chi connectivity index (χ3v) is 6.94. The molecule has 30 heavy (non-hydrogen) atoms. The zero-order valence-corrected chi connectivity index (χ0v) is 18.0. The van der Waals surface area contributed by atoms with E-state index in [0.717, 1.165) is 0 Å². The number of halogens is 1. The molecule has 10 heteroatoms. The molecule has 2 aromatic carbocycles. The first-order chi connectivity index (χ1) is 14.3. The first kappa shape index (κ1) is 22.2. The molecular weight excluding hydrogens is 428 g/mol. The minimum Gasteiger partial charge on any atom is -0.508 e. The number of piperazine rings is 1. The highest BCUT2D eigenvalue weighted by Crippen LogP contribution is 2.21. The number of carbonyl (C=O) groups excluding carboxylic acids is 1. The molecule has 160 valence electrons. The number of likely N-dealkylation sites (N-methyl/N-ethyl adjacent to an activating group) is 1. The first-order valence-corrected chi connectivity index (χ1v) is 11.2. The number of phenolic OH excluding ortho intramolecular Hbond substituents is 1. The normalized spacial score (nSPS) is 16.1. The van der Waals surface area contributed by atoms with Crippen LogP contribution in [0.4, 0.5) is 0 Å². The molecule has 0 spiro atoms. The highest BCUT2D eigenvalue weighted by molar-refractivity contribution is 7.89. The summed E-state index contributed by atoms with van der Waals surface area (Å²) >= 11 is 5.89. The Labute approximate surface area is 180 Å². The SMILES string of the molecule is CN1CCN(S(=O)(=O)c2cccc(C(=O)N/N=C/Cc3cc(Cl)ccc3O)c2)CC1. The lowest BCUT2D eigenvalue weighted by Gasteiger charge is -2.31. The van der Waals surface area contributed by atoms with Crippen LogP contribution in [0.3, 0.4) is 0 Å². The van der Waals surface area contributed by atoms with E-state index in [1.54, 1.807) is 12.1 Å². The molecule has 0 saturated carbocycles. The third-order valence-electron chi connectivity index (χ3n) is 4.81. The highest BCUT2D eigenvalue weighted by atomic mass is 35.5. The molecule has 1 fully saturated rings. The Bertz CT molecular complexity index is 1050. The number of carbonyl (C=O) groups is 1. The number of hydrogen-bond donors (Lipinski definition) is 2. The van der Waals surface area contributed by atoms with Crippen molar-refractivity contribution >= 4 is 33.7 Å². The fourth-order valence-electron chi connectivity index (χ4n) is 3.01. The molecule has 1 aliphatic rings. The molecular formula is C20H23ClN4O4S. The largest absolute Gasteiger partial charge is 0.508 e. The maximum atomic E-state index is 12.9. The Morgan fingerprint density at radius 3 is 2.67 bits per heavy atom. The molecule has 0 atom stereocenters. The van der Waals surface area contributed by atoms with Crippen molar-refractivity contribution in [3.63, 3.8) is 0 Å². The smallest absolute Gasteiger partial charge is 0.271 e. The third kappa shape index (κ3) is 5.37. The van der Waals surface area contributed by atoms with Gasteiger partial charge in [-0.05, 0) is 43.4 Å². The maximum Gasteiger partial charge on any atom is 0.271 e. The van der Waals surface area contributed by atoms with Gasteiger partial charge in [0, 0.05) is 55.0 Å². The Kier molecular flexibility index (Phi) is 7.09. The molecule has 0 radical (unpaired) electrons. The number of hydrogen-bond acceptors (Lipinski definition) is 6. The number of nitrogens with zero attached hydrogens (tertiary/aromatic N) is 3. The fraction of sp³-hybridized carbons (Fsp3) is 0.300. The van der Waals surface area contributed by atoms with Crippen LogP contribution < -0.4 is 5.43 Å². The zero-order chi connectivity index (χ0) is 21.7. The molecule has 1 heterocycles. The van der Waals surface area contributed by atoms with Gasteiger partial charge in [0.25, 0.3) is 5.91 Å². The van der Waals surface area contributed by atoms with Gasteiger partial charge in [0.15, 0.2) is 0 Å². The van der Waals surface area contributed by atoms with E-state index in [1.807, 2.05) is 7.05 Å². The van der Waals surface area contributed by atoms with Crippen molar-refractivity contribution in [2.75, 3.05) is 33.2 Å². The lowest BCUT2D eigenvalue weighted by atomic mass is 10.1. The van der Waals surface area contributed by atoms with Gasteiger partial charge in [0.05, 0.1) is 4.90 Å². The van der Waals surface area contributed by atoms with Crippen LogP contribution in [-0.2, 0) is 16.4 Å². The molecule has 2 N–H and O–H groups in total. The van der Waals surface area contributed by atoms with Crippen LogP contribution >= 0.6 is 11.6 Å². The second kappa shape index (κ2) is 9.57. The van der Waals surface area contributed by atoms with Gasteiger partial charge < -0.3 is 10.0 Å². The molecule has 3 rings (SSSR count). The van der Waals surface area contributed by atoms with Gasteiger partial charge in [-0.25, -0.2) is 13.8 Å². The predicted octanol–water partition coefficient (Wildman–Crippen LogP) is 1.94. The van der Waals surface area contributed by atoms with E-state index in [1.165, 1.54) is 40.9 Å². The van der Waals surface area contributed by atoms with Crippen LogP contribution in [0.1, 0.15) is 15.9 Å². The summed E-state index contributed by atoms with van der Waals surface area (Å²) in [6, 6.07) is 10.6. The van der Waals surface area contributed by atoms with Crippen LogP contribution in [0.2, 0.25) is 5.02 Å². The van der Waals surface area contributed by atoms with Crippen LogP contribution in [-0.4, -0.2) is 68.1 Å². The summed E-state index contributed by atoms with van der Waals surface area (Å²) in [6.07, 6.45) is 1.69. The summed E-state index contributed by atoms with van der Waals surface area (Å²) in [5, 5.41) is 14.1. The van der Waals surface area contributed by atoms with Crippen LogP contribution in [0.25, 0.3) is 0 Å². The number of aromatic hydroxyl groups is 1. The number of hydrazone groups is 1. The lowest BCUT2D eigenvalue weighted by Crippen LogP contribution is -2.47. The summed E-state index contributed by atoms with van der Waals surface area (Å²) in [5.74, 6) is -0.448. The average molecular weight is 451 g/mol. The van der Waals surface area contributed by atoms with E-state index in [0.29, 0.717) is 36.8 Å². The van der Waals surface area contributed by atoms with Gasteiger partial charge >= 0.3 is 0 Å². The molecule has 0 unspecified atom stereocenters. The van der Waals surface area contributed by atoms with Crippen molar-refractivity contribution < 1.29 is 18.3 Å². The summed E-state index contributed by atoms with van der Waals surface area (Å²) < 4.78 is 27.1. The van der Waals surface area contributed by atoms with E-state index < -0.39 is 15.9 Å². The fourth-order valence-corrected chi connectivity index (χ4v) is 4.67. The molecule has 0 bridgehead atoms. The molecule has 8 nitrogen and oxygen atoms in total. The van der Waals surface area contributed by atoms with Crippen molar-refractivity contribution in [1.29, 1.82) is 0 Å². The number of amides is 1. The van der Waals surface area contributed by atoms with Gasteiger partial charge in [-0.15, -0.1) is 0 Å².